The van der Waals surface area contributed by atoms with Gasteiger partial charge in [0.15, 0.2) is 0 Å². The maximum Gasteiger partial charge on any atom is 0.337 e. The highest BCUT2D eigenvalue weighted by Gasteiger charge is 2.10. The molecule has 0 spiro atoms. The summed E-state index contributed by atoms with van der Waals surface area (Å²) in [4.78, 5) is 10.9. The number of aromatic carboxylic acids is 1. The third kappa shape index (κ3) is 2.34. The number of carbonyl (C=O) groups is 1. The van der Waals surface area contributed by atoms with Gasteiger partial charge >= 0.3 is 5.97 Å². The van der Waals surface area contributed by atoms with E-state index in [4.69, 9.17) is 16.7 Å². The largest absolute Gasteiger partial charge is 0.478 e. The van der Waals surface area contributed by atoms with E-state index in [1.54, 1.807) is 13.1 Å². The Hall–Kier alpha value is -2.15. The van der Waals surface area contributed by atoms with Crippen molar-refractivity contribution in [2.24, 2.45) is 7.05 Å². The number of benzene rings is 1. The second-order valence-corrected chi connectivity index (χ2v) is 3.66. The molecule has 8 heteroatoms. The first kappa shape index (κ1) is 11.3. The number of hydrogen-bond acceptors (Lipinski definition) is 5. The summed E-state index contributed by atoms with van der Waals surface area (Å²) in [5.74, 6) is -0.682. The highest BCUT2D eigenvalue weighted by atomic mass is 35.5. The van der Waals surface area contributed by atoms with Gasteiger partial charge in [-0.25, -0.2) is 9.48 Å². The van der Waals surface area contributed by atoms with Crippen molar-refractivity contribution in [3.63, 3.8) is 0 Å². The van der Waals surface area contributed by atoms with E-state index in [1.807, 2.05) is 0 Å². The number of nitrogens with one attached hydrogen (secondary N) is 1. The number of aryl methyl sites for hydroxylation is 1. The second-order valence-electron chi connectivity index (χ2n) is 3.25. The van der Waals surface area contributed by atoms with Crippen LogP contribution in [0.25, 0.3) is 0 Å². The van der Waals surface area contributed by atoms with Crippen molar-refractivity contribution in [1.29, 1.82) is 0 Å². The van der Waals surface area contributed by atoms with Gasteiger partial charge < -0.3 is 10.4 Å². The Morgan fingerprint density at radius 1 is 1.53 bits per heavy atom. The first-order chi connectivity index (χ1) is 8.08. The molecule has 1 aromatic carbocycles. The standard InChI is InChI=1S/C9H8ClN5O2/c1-15-9(12-13-14-15)11-5-2-3-7(10)6(4-5)8(16)17/h2-4H,1H3,(H,16,17)(H,11,12,14). The van der Waals surface area contributed by atoms with Gasteiger partial charge in [0.25, 0.3) is 0 Å². The van der Waals surface area contributed by atoms with Crippen molar-refractivity contribution in [3.8, 4) is 0 Å². The lowest BCUT2D eigenvalue weighted by Crippen LogP contribution is -2.02. The van der Waals surface area contributed by atoms with Crippen LogP contribution in [-0.2, 0) is 7.05 Å². The molecule has 0 aliphatic rings. The third-order valence-electron chi connectivity index (χ3n) is 2.07. The Kier molecular flexibility index (Phi) is 2.92. The van der Waals surface area contributed by atoms with Crippen molar-refractivity contribution in [3.05, 3.63) is 28.8 Å². The smallest absolute Gasteiger partial charge is 0.337 e. The van der Waals surface area contributed by atoms with E-state index in [-0.39, 0.29) is 10.6 Å². The summed E-state index contributed by atoms with van der Waals surface area (Å²) in [5, 5.41) is 22.8. The molecule has 1 aromatic heterocycles. The Morgan fingerprint density at radius 3 is 2.88 bits per heavy atom. The highest BCUT2D eigenvalue weighted by molar-refractivity contribution is 6.33. The van der Waals surface area contributed by atoms with Gasteiger partial charge in [-0.15, -0.1) is 0 Å². The molecule has 0 atom stereocenters. The first-order valence-corrected chi connectivity index (χ1v) is 4.98. The molecule has 1 heterocycles. The Morgan fingerprint density at radius 2 is 2.29 bits per heavy atom. The van der Waals surface area contributed by atoms with Crippen LogP contribution >= 0.6 is 11.6 Å². The van der Waals surface area contributed by atoms with Gasteiger partial charge in [0, 0.05) is 12.7 Å². The zero-order chi connectivity index (χ0) is 12.4. The van der Waals surface area contributed by atoms with Crippen LogP contribution in [0.15, 0.2) is 18.2 Å². The summed E-state index contributed by atoms with van der Waals surface area (Å²) in [7, 11) is 1.66. The first-order valence-electron chi connectivity index (χ1n) is 4.60. The molecule has 0 saturated carbocycles. The van der Waals surface area contributed by atoms with Crippen LogP contribution in [0.5, 0.6) is 0 Å². The Bertz CT molecular complexity index is 568. The fraction of sp³-hybridized carbons (Fsp3) is 0.111. The van der Waals surface area contributed by atoms with Gasteiger partial charge in [-0.3, -0.25) is 0 Å². The highest BCUT2D eigenvalue weighted by Crippen LogP contribution is 2.22. The van der Waals surface area contributed by atoms with Crippen LogP contribution in [0.1, 0.15) is 10.4 Å². The molecular formula is C9H8ClN5O2. The van der Waals surface area contributed by atoms with E-state index in [0.29, 0.717) is 11.6 Å². The van der Waals surface area contributed by atoms with E-state index in [0.717, 1.165) is 0 Å². The van der Waals surface area contributed by atoms with Crippen molar-refractivity contribution in [2.45, 2.75) is 0 Å². The molecule has 0 aliphatic heterocycles. The molecule has 88 valence electrons. The van der Waals surface area contributed by atoms with E-state index in [2.05, 4.69) is 20.8 Å². The maximum atomic E-state index is 10.9. The topological polar surface area (TPSA) is 92.9 Å². The zero-order valence-corrected chi connectivity index (χ0v) is 9.51. The summed E-state index contributed by atoms with van der Waals surface area (Å²) >= 11 is 5.75. The SMILES string of the molecule is Cn1nnnc1Nc1ccc(Cl)c(C(=O)O)c1. The van der Waals surface area contributed by atoms with Crippen LogP contribution in [0.4, 0.5) is 11.6 Å². The second kappa shape index (κ2) is 4.38. The minimum Gasteiger partial charge on any atom is -0.478 e. The average molecular weight is 254 g/mol. The lowest BCUT2D eigenvalue weighted by Gasteiger charge is -2.06. The third-order valence-corrected chi connectivity index (χ3v) is 2.40. The number of hydrogen-bond donors (Lipinski definition) is 2. The van der Waals surface area contributed by atoms with Crippen LogP contribution in [0, 0.1) is 0 Å². The molecule has 0 aliphatic carbocycles. The van der Waals surface area contributed by atoms with Crippen LogP contribution in [0.2, 0.25) is 5.02 Å². The molecule has 0 saturated heterocycles. The summed E-state index contributed by atoms with van der Waals surface area (Å²) in [6, 6.07) is 4.56. The van der Waals surface area contributed by atoms with Gasteiger partial charge in [-0.05, 0) is 28.6 Å². The normalized spacial score (nSPS) is 10.2. The lowest BCUT2D eigenvalue weighted by molar-refractivity contribution is 0.0697. The number of nitrogens with zero attached hydrogens (tertiary/aromatic N) is 4. The van der Waals surface area contributed by atoms with Gasteiger partial charge in [-0.2, -0.15) is 0 Å². The monoisotopic (exact) mass is 253 g/mol. The maximum absolute atomic E-state index is 10.9. The number of aromatic nitrogens is 4. The van der Waals surface area contributed by atoms with Crippen molar-refractivity contribution in [2.75, 3.05) is 5.32 Å². The molecule has 0 amide bonds. The predicted molar refractivity (Wildman–Crippen MR) is 60.5 cm³/mol. The minimum atomic E-state index is -1.09. The number of anilines is 2. The van der Waals surface area contributed by atoms with Crippen molar-refractivity contribution >= 4 is 29.2 Å². The Balaban J connectivity index is 2.32. The van der Waals surface area contributed by atoms with E-state index in [9.17, 15) is 4.79 Å². The molecule has 7 nitrogen and oxygen atoms in total. The fourth-order valence-corrected chi connectivity index (χ4v) is 1.43. The van der Waals surface area contributed by atoms with E-state index < -0.39 is 5.97 Å². The van der Waals surface area contributed by atoms with Gasteiger partial charge in [-0.1, -0.05) is 16.7 Å². The van der Waals surface area contributed by atoms with Crippen LogP contribution < -0.4 is 5.32 Å². The van der Waals surface area contributed by atoms with Crippen molar-refractivity contribution in [1.82, 2.24) is 20.2 Å². The number of carboxylic acids is 1. The number of tetrazole rings is 1. The van der Waals surface area contributed by atoms with Gasteiger partial charge in [0.2, 0.25) is 5.95 Å². The summed E-state index contributed by atoms with van der Waals surface area (Å²) in [6.07, 6.45) is 0. The quantitative estimate of drug-likeness (QED) is 0.857. The number of carboxylic acid groups (broad SMARTS) is 1. The van der Waals surface area contributed by atoms with E-state index in [1.165, 1.54) is 16.8 Å². The number of halogens is 1. The molecule has 2 N–H and O–H groups in total. The summed E-state index contributed by atoms with van der Waals surface area (Å²) in [6.45, 7) is 0. The van der Waals surface area contributed by atoms with Crippen molar-refractivity contribution < 1.29 is 9.90 Å². The summed E-state index contributed by atoms with van der Waals surface area (Å²) in [5.41, 5.74) is 0.566. The lowest BCUT2D eigenvalue weighted by atomic mass is 10.2. The van der Waals surface area contributed by atoms with E-state index >= 15 is 0 Å². The molecular weight excluding hydrogens is 246 g/mol. The molecule has 0 bridgehead atoms. The molecule has 0 radical (unpaired) electrons. The summed E-state index contributed by atoms with van der Waals surface area (Å²) < 4.78 is 1.43. The molecule has 17 heavy (non-hydrogen) atoms. The number of rotatable bonds is 3. The van der Waals surface area contributed by atoms with Crippen LogP contribution in [-0.4, -0.2) is 31.3 Å². The Labute approximate surface area is 101 Å². The molecule has 0 unspecified atom stereocenters. The average Bonchev–Trinajstić information content (AvgIpc) is 2.67. The molecule has 2 rings (SSSR count). The molecule has 2 aromatic rings. The van der Waals surface area contributed by atoms with Gasteiger partial charge in [0.1, 0.15) is 0 Å². The molecule has 0 fully saturated rings. The zero-order valence-electron chi connectivity index (χ0n) is 8.75. The fourth-order valence-electron chi connectivity index (χ4n) is 1.23. The minimum absolute atomic E-state index is 0.0202. The van der Waals surface area contributed by atoms with Crippen LogP contribution in [0.3, 0.4) is 0 Å². The predicted octanol–water partition coefficient (Wildman–Crippen LogP) is 1.31. The van der Waals surface area contributed by atoms with Gasteiger partial charge in [0.05, 0.1) is 10.6 Å².